The predicted molar refractivity (Wildman–Crippen MR) is 79.1 cm³/mol. The van der Waals surface area contributed by atoms with Crippen molar-refractivity contribution in [3.8, 4) is 0 Å². The second-order valence-corrected chi connectivity index (χ2v) is 5.82. The molecule has 0 radical (unpaired) electrons. The molecule has 0 amide bonds. The van der Waals surface area contributed by atoms with E-state index < -0.39 is 0 Å². The van der Waals surface area contributed by atoms with Crippen molar-refractivity contribution in [2.45, 2.75) is 50.2 Å². The van der Waals surface area contributed by atoms with Crippen LogP contribution in [0.2, 0.25) is 5.02 Å². The first-order chi connectivity index (χ1) is 9.20. The van der Waals surface area contributed by atoms with Gasteiger partial charge in [0.1, 0.15) is 0 Å². The van der Waals surface area contributed by atoms with E-state index >= 15 is 0 Å². The highest BCUT2D eigenvalue weighted by atomic mass is 35.5. The van der Waals surface area contributed by atoms with Gasteiger partial charge in [0.25, 0.3) is 0 Å². The SMILES string of the molecule is COC1(C(Cc2ccc(Cl)cc2)NN)CCCCC1. The van der Waals surface area contributed by atoms with E-state index in [1.165, 1.54) is 24.8 Å². The lowest BCUT2D eigenvalue weighted by molar-refractivity contribution is -0.0673. The molecule has 0 bridgehead atoms. The molecular formula is C15H23ClN2O. The Balaban J connectivity index is 2.11. The van der Waals surface area contributed by atoms with E-state index in [9.17, 15) is 0 Å². The molecule has 1 aliphatic rings. The van der Waals surface area contributed by atoms with E-state index in [1.54, 1.807) is 7.11 Å². The van der Waals surface area contributed by atoms with E-state index in [4.69, 9.17) is 22.2 Å². The van der Waals surface area contributed by atoms with Crippen molar-refractivity contribution in [3.63, 3.8) is 0 Å². The van der Waals surface area contributed by atoms with Crippen LogP contribution in [0.15, 0.2) is 24.3 Å². The third-order valence-electron chi connectivity index (χ3n) is 4.30. The maximum absolute atomic E-state index is 5.92. The molecule has 1 aromatic carbocycles. The van der Waals surface area contributed by atoms with E-state index in [2.05, 4.69) is 17.6 Å². The number of benzene rings is 1. The first-order valence-electron chi connectivity index (χ1n) is 6.96. The van der Waals surface area contributed by atoms with Crippen molar-refractivity contribution >= 4 is 11.6 Å². The summed E-state index contributed by atoms with van der Waals surface area (Å²) in [4.78, 5) is 0. The predicted octanol–water partition coefficient (Wildman–Crippen LogP) is 3.06. The summed E-state index contributed by atoms with van der Waals surface area (Å²) in [6.07, 6.45) is 6.74. The molecule has 4 heteroatoms. The van der Waals surface area contributed by atoms with Crippen LogP contribution in [0.1, 0.15) is 37.7 Å². The first-order valence-corrected chi connectivity index (χ1v) is 7.34. The van der Waals surface area contributed by atoms with Gasteiger partial charge in [-0.2, -0.15) is 0 Å². The van der Waals surface area contributed by atoms with Crippen molar-refractivity contribution in [3.05, 3.63) is 34.9 Å². The monoisotopic (exact) mass is 282 g/mol. The summed E-state index contributed by atoms with van der Waals surface area (Å²) in [7, 11) is 1.80. The lowest BCUT2D eigenvalue weighted by Crippen LogP contribution is -2.56. The van der Waals surface area contributed by atoms with Crippen LogP contribution >= 0.6 is 11.6 Å². The van der Waals surface area contributed by atoms with E-state index in [0.717, 1.165) is 24.3 Å². The summed E-state index contributed by atoms with van der Waals surface area (Å²) in [6, 6.07) is 8.09. The Morgan fingerprint density at radius 1 is 1.26 bits per heavy atom. The Morgan fingerprint density at radius 3 is 2.42 bits per heavy atom. The van der Waals surface area contributed by atoms with Crippen molar-refractivity contribution in [2.75, 3.05) is 7.11 Å². The quantitative estimate of drug-likeness (QED) is 0.644. The molecule has 106 valence electrons. The average molecular weight is 283 g/mol. The second kappa shape index (κ2) is 6.71. The van der Waals surface area contributed by atoms with Crippen LogP contribution in [0.4, 0.5) is 0 Å². The van der Waals surface area contributed by atoms with Gasteiger partial charge >= 0.3 is 0 Å². The van der Waals surface area contributed by atoms with Gasteiger partial charge in [0.05, 0.1) is 11.6 Å². The number of hydrogen-bond donors (Lipinski definition) is 2. The Kier molecular flexibility index (Phi) is 5.22. The number of rotatable bonds is 5. The molecule has 0 aliphatic heterocycles. The number of nitrogens with one attached hydrogen (secondary N) is 1. The highest BCUT2D eigenvalue weighted by Gasteiger charge is 2.39. The highest BCUT2D eigenvalue weighted by Crippen LogP contribution is 2.35. The largest absolute Gasteiger partial charge is 0.377 e. The summed E-state index contributed by atoms with van der Waals surface area (Å²) in [6.45, 7) is 0. The van der Waals surface area contributed by atoms with Crippen LogP contribution < -0.4 is 11.3 Å². The Hall–Kier alpha value is -0.610. The molecule has 1 atom stereocenters. The average Bonchev–Trinajstić information content (AvgIpc) is 2.47. The summed E-state index contributed by atoms with van der Waals surface area (Å²) in [5.41, 5.74) is 4.07. The number of nitrogens with two attached hydrogens (primary N) is 1. The van der Waals surface area contributed by atoms with Gasteiger partial charge < -0.3 is 4.74 Å². The van der Waals surface area contributed by atoms with Crippen LogP contribution in [0.5, 0.6) is 0 Å². The molecule has 1 aromatic rings. The minimum atomic E-state index is -0.132. The molecule has 1 unspecified atom stereocenters. The van der Waals surface area contributed by atoms with E-state index in [1.807, 2.05) is 12.1 Å². The maximum Gasteiger partial charge on any atom is 0.0847 e. The van der Waals surface area contributed by atoms with Crippen LogP contribution in [0.25, 0.3) is 0 Å². The van der Waals surface area contributed by atoms with Gasteiger partial charge in [-0.15, -0.1) is 0 Å². The normalized spacial score (nSPS) is 20.2. The van der Waals surface area contributed by atoms with Crippen LogP contribution in [-0.4, -0.2) is 18.8 Å². The van der Waals surface area contributed by atoms with Crippen LogP contribution in [0.3, 0.4) is 0 Å². The van der Waals surface area contributed by atoms with E-state index in [0.29, 0.717) is 0 Å². The first kappa shape index (κ1) is 14.8. The maximum atomic E-state index is 5.92. The lowest BCUT2D eigenvalue weighted by atomic mass is 9.77. The number of halogens is 1. The van der Waals surface area contributed by atoms with Gasteiger partial charge in [-0.25, -0.2) is 0 Å². The molecule has 1 saturated carbocycles. The molecular weight excluding hydrogens is 260 g/mol. The van der Waals surface area contributed by atoms with Gasteiger partial charge in [-0.1, -0.05) is 43.0 Å². The highest BCUT2D eigenvalue weighted by molar-refractivity contribution is 6.30. The Labute approximate surface area is 120 Å². The number of ether oxygens (including phenoxy) is 1. The molecule has 0 aromatic heterocycles. The summed E-state index contributed by atoms with van der Waals surface area (Å²) >= 11 is 5.92. The fourth-order valence-electron chi connectivity index (χ4n) is 3.10. The van der Waals surface area contributed by atoms with Gasteiger partial charge in [0, 0.05) is 12.1 Å². The topological polar surface area (TPSA) is 47.3 Å². The van der Waals surface area contributed by atoms with Crippen LogP contribution in [0, 0.1) is 0 Å². The standard InChI is InChI=1S/C15H23ClN2O/c1-19-15(9-3-2-4-10-15)14(18-17)11-12-5-7-13(16)8-6-12/h5-8,14,18H,2-4,9-11,17H2,1H3. The molecule has 1 fully saturated rings. The van der Waals surface area contributed by atoms with Gasteiger partial charge in [0.15, 0.2) is 0 Å². The second-order valence-electron chi connectivity index (χ2n) is 5.38. The van der Waals surface area contributed by atoms with Gasteiger partial charge in [-0.3, -0.25) is 11.3 Å². The molecule has 3 nitrogen and oxygen atoms in total. The Morgan fingerprint density at radius 2 is 1.89 bits per heavy atom. The minimum absolute atomic E-state index is 0.132. The summed E-state index contributed by atoms with van der Waals surface area (Å²) in [5.74, 6) is 5.79. The molecule has 19 heavy (non-hydrogen) atoms. The van der Waals surface area contributed by atoms with Crippen molar-refractivity contribution in [1.82, 2.24) is 5.43 Å². The smallest absolute Gasteiger partial charge is 0.0847 e. The van der Waals surface area contributed by atoms with Crippen LogP contribution in [-0.2, 0) is 11.2 Å². The van der Waals surface area contributed by atoms with Gasteiger partial charge in [-0.05, 0) is 37.0 Å². The zero-order chi connectivity index (χ0) is 13.7. The molecule has 0 spiro atoms. The zero-order valence-electron chi connectivity index (χ0n) is 11.5. The number of hydrazine groups is 1. The van der Waals surface area contributed by atoms with Gasteiger partial charge in [0.2, 0.25) is 0 Å². The summed E-state index contributed by atoms with van der Waals surface area (Å²) in [5, 5.41) is 0.764. The Bertz CT molecular complexity index is 388. The molecule has 2 rings (SSSR count). The zero-order valence-corrected chi connectivity index (χ0v) is 12.2. The molecule has 0 saturated heterocycles. The van der Waals surface area contributed by atoms with Crippen molar-refractivity contribution < 1.29 is 4.74 Å². The number of methoxy groups -OCH3 is 1. The fourth-order valence-corrected chi connectivity index (χ4v) is 3.22. The lowest BCUT2D eigenvalue weighted by Gasteiger charge is -2.42. The summed E-state index contributed by atoms with van der Waals surface area (Å²) < 4.78 is 5.86. The van der Waals surface area contributed by atoms with Crippen molar-refractivity contribution in [1.29, 1.82) is 0 Å². The van der Waals surface area contributed by atoms with E-state index in [-0.39, 0.29) is 11.6 Å². The molecule has 0 heterocycles. The third-order valence-corrected chi connectivity index (χ3v) is 4.55. The third kappa shape index (κ3) is 3.48. The van der Waals surface area contributed by atoms with Crippen molar-refractivity contribution in [2.24, 2.45) is 5.84 Å². The number of hydrogen-bond acceptors (Lipinski definition) is 3. The molecule has 1 aliphatic carbocycles. The minimum Gasteiger partial charge on any atom is -0.377 e. The molecule has 3 N–H and O–H groups in total. The fraction of sp³-hybridized carbons (Fsp3) is 0.600.